The topological polar surface area (TPSA) is 82.5 Å². The Bertz CT molecular complexity index is 1070. The van der Waals surface area contributed by atoms with E-state index in [1.807, 2.05) is 29.9 Å². The number of nitrogen functional groups attached to an aromatic ring is 1. The number of hydrogen-bond donors (Lipinski definition) is 1. The molecular weight excluding hydrogens is 376 g/mol. The van der Waals surface area contributed by atoms with Crippen LogP contribution in [0.25, 0.3) is 33.1 Å². The number of fused-ring (bicyclic) bond motifs is 1. The van der Waals surface area contributed by atoms with Crippen LogP contribution in [-0.2, 0) is 7.05 Å². The lowest BCUT2D eigenvalue weighted by atomic mass is 10.2. The number of nitrogens with zero attached hydrogens (tertiary/aromatic N) is 5. The van der Waals surface area contributed by atoms with Gasteiger partial charge in [-0.2, -0.15) is 0 Å². The summed E-state index contributed by atoms with van der Waals surface area (Å²) in [5, 5.41) is 0.890. The molecule has 0 fully saturated rings. The third-order valence-electron chi connectivity index (χ3n) is 4.24. The number of thiophene rings is 1. The molecule has 0 saturated heterocycles. The van der Waals surface area contributed by atoms with Crippen LogP contribution in [0.15, 0.2) is 41.1 Å². The molecule has 8 heteroatoms. The van der Waals surface area contributed by atoms with Gasteiger partial charge in [-0.3, -0.25) is 4.98 Å². The first-order valence-corrected chi connectivity index (χ1v) is 10.6. The Labute approximate surface area is 165 Å². The predicted octanol–water partition coefficient (Wildman–Crippen LogP) is 4.63. The molecule has 0 aliphatic rings. The molecule has 0 aliphatic heterocycles. The third-order valence-corrected chi connectivity index (χ3v) is 6.71. The molecule has 0 bridgehead atoms. The van der Waals surface area contributed by atoms with Crippen molar-refractivity contribution in [3.63, 3.8) is 0 Å². The molecule has 138 valence electrons. The standard InChI is InChI=1S/C19H20N6S2/c1-3-4-10-26-19-14(20)13-15(17-22-8-9-25(17)2)23-16(24-18(13)27-19)12-6-5-7-21-11-12/h5-9,11H,3-4,10,20H2,1-2H3. The number of anilines is 1. The van der Waals surface area contributed by atoms with Gasteiger partial charge in [-0.15, -0.1) is 23.1 Å². The summed E-state index contributed by atoms with van der Waals surface area (Å²) in [4.78, 5) is 19.2. The summed E-state index contributed by atoms with van der Waals surface area (Å²) in [5.74, 6) is 2.47. The molecule has 4 aromatic rings. The SMILES string of the molecule is CCCCSc1sc2nc(-c3cccnc3)nc(-c3nccn3C)c2c1N. The van der Waals surface area contributed by atoms with Crippen LogP contribution in [-0.4, -0.2) is 30.3 Å². The molecule has 0 unspecified atom stereocenters. The van der Waals surface area contributed by atoms with Gasteiger partial charge in [0.25, 0.3) is 0 Å². The molecule has 0 radical (unpaired) electrons. The fourth-order valence-corrected chi connectivity index (χ4v) is 5.22. The average Bonchev–Trinajstić information content (AvgIpc) is 3.25. The van der Waals surface area contributed by atoms with Crippen LogP contribution in [0, 0.1) is 0 Å². The van der Waals surface area contributed by atoms with Gasteiger partial charge in [0.15, 0.2) is 11.6 Å². The van der Waals surface area contributed by atoms with E-state index in [4.69, 9.17) is 15.7 Å². The maximum absolute atomic E-state index is 6.53. The molecule has 0 aromatic carbocycles. The number of pyridine rings is 1. The van der Waals surface area contributed by atoms with E-state index in [1.165, 1.54) is 6.42 Å². The first kappa shape index (κ1) is 17.9. The summed E-state index contributed by atoms with van der Waals surface area (Å²) in [6, 6.07) is 3.85. The monoisotopic (exact) mass is 396 g/mol. The molecular formula is C19H20N6S2. The van der Waals surface area contributed by atoms with Gasteiger partial charge in [0.2, 0.25) is 0 Å². The first-order valence-electron chi connectivity index (χ1n) is 8.80. The maximum Gasteiger partial charge on any atom is 0.163 e. The van der Waals surface area contributed by atoms with Gasteiger partial charge in [-0.1, -0.05) is 13.3 Å². The van der Waals surface area contributed by atoms with Crippen LogP contribution < -0.4 is 5.73 Å². The van der Waals surface area contributed by atoms with Gasteiger partial charge >= 0.3 is 0 Å². The minimum Gasteiger partial charge on any atom is -0.397 e. The highest BCUT2D eigenvalue weighted by atomic mass is 32.2. The van der Waals surface area contributed by atoms with Crippen molar-refractivity contribution in [2.75, 3.05) is 11.5 Å². The predicted molar refractivity (Wildman–Crippen MR) is 113 cm³/mol. The number of rotatable bonds is 6. The van der Waals surface area contributed by atoms with Crippen molar-refractivity contribution < 1.29 is 0 Å². The van der Waals surface area contributed by atoms with Gasteiger partial charge in [0.1, 0.15) is 10.5 Å². The quantitative estimate of drug-likeness (QED) is 0.378. The lowest BCUT2D eigenvalue weighted by Gasteiger charge is -2.07. The van der Waals surface area contributed by atoms with Crippen molar-refractivity contribution in [3.05, 3.63) is 36.9 Å². The van der Waals surface area contributed by atoms with E-state index < -0.39 is 0 Å². The van der Waals surface area contributed by atoms with Crippen molar-refractivity contribution in [1.29, 1.82) is 0 Å². The molecule has 0 saturated carbocycles. The fraction of sp³-hybridized carbons (Fsp3) is 0.263. The van der Waals surface area contributed by atoms with Gasteiger partial charge < -0.3 is 10.3 Å². The van der Waals surface area contributed by atoms with E-state index in [-0.39, 0.29) is 0 Å². The van der Waals surface area contributed by atoms with Crippen LogP contribution in [0.2, 0.25) is 0 Å². The highest BCUT2D eigenvalue weighted by molar-refractivity contribution is 8.01. The Balaban J connectivity index is 1.92. The number of hydrogen-bond acceptors (Lipinski definition) is 7. The second kappa shape index (κ2) is 7.66. The number of nitrogens with two attached hydrogens (primary N) is 1. The van der Waals surface area contributed by atoms with Gasteiger partial charge in [0, 0.05) is 37.4 Å². The third kappa shape index (κ3) is 3.42. The molecule has 0 spiro atoms. The largest absolute Gasteiger partial charge is 0.397 e. The Morgan fingerprint density at radius 3 is 2.85 bits per heavy atom. The van der Waals surface area contributed by atoms with E-state index in [0.29, 0.717) is 5.82 Å². The van der Waals surface area contributed by atoms with Crippen molar-refractivity contribution in [3.8, 4) is 22.9 Å². The molecule has 6 nitrogen and oxygen atoms in total. The Hall–Kier alpha value is -2.45. The van der Waals surface area contributed by atoms with Crippen LogP contribution in [0.5, 0.6) is 0 Å². The zero-order valence-electron chi connectivity index (χ0n) is 15.2. The van der Waals surface area contributed by atoms with Crippen molar-refractivity contribution in [2.24, 2.45) is 7.05 Å². The number of aromatic nitrogens is 5. The van der Waals surface area contributed by atoms with Gasteiger partial charge in [-0.25, -0.2) is 15.0 Å². The number of imidazole rings is 1. The molecule has 4 rings (SSSR count). The van der Waals surface area contributed by atoms with Crippen LogP contribution in [0.3, 0.4) is 0 Å². The van der Waals surface area contributed by atoms with Crippen LogP contribution in [0.4, 0.5) is 5.69 Å². The normalized spacial score (nSPS) is 11.3. The highest BCUT2D eigenvalue weighted by Gasteiger charge is 2.21. The summed E-state index contributed by atoms with van der Waals surface area (Å²) >= 11 is 3.43. The summed E-state index contributed by atoms with van der Waals surface area (Å²) < 4.78 is 3.06. The van der Waals surface area contributed by atoms with Gasteiger partial charge in [-0.05, 0) is 24.3 Å². The summed E-state index contributed by atoms with van der Waals surface area (Å²) in [6.45, 7) is 2.19. The molecule has 27 heavy (non-hydrogen) atoms. The smallest absolute Gasteiger partial charge is 0.163 e. The van der Waals surface area contributed by atoms with Crippen molar-refractivity contribution in [2.45, 2.75) is 24.0 Å². The zero-order chi connectivity index (χ0) is 18.8. The Morgan fingerprint density at radius 1 is 1.26 bits per heavy atom. The van der Waals surface area contributed by atoms with E-state index >= 15 is 0 Å². The molecule has 4 heterocycles. The highest BCUT2D eigenvalue weighted by Crippen LogP contribution is 2.43. The number of unbranched alkanes of at least 4 members (excludes halogenated alkanes) is 1. The first-order chi connectivity index (χ1) is 13.2. The molecule has 4 aromatic heterocycles. The molecule has 0 atom stereocenters. The second-order valence-electron chi connectivity index (χ2n) is 6.18. The average molecular weight is 397 g/mol. The van der Waals surface area contributed by atoms with E-state index in [1.54, 1.807) is 41.7 Å². The van der Waals surface area contributed by atoms with Crippen LogP contribution >= 0.6 is 23.1 Å². The molecule has 0 amide bonds. The summed E-state index contributed by atoms with van der Waals surface area (Å²) in [5.41, 5.74) is 8.93. The number of thioether (sulfide) groups is 1. The van der Waals surface area contributed by atoms with Gasteiger partial charge in [0.05, 0.1) is 15.3 Å². The van der Waals surface area contributed by atoms with E-state index in [0.717, 1.165) is 49.4 Å². The molecule has 0 aliphatic carbocycles. The minimum atomic E-state index is 0.639. The maximum atomic E-state index is 6.53. The zero-order valence-corrected chi connectivity index (χ0v) is 16.8. The Kier molecular flexibility index (Phi) is 5.09. The summed E-state index contributed by atoms with van der Waals surface area (Å²) in [6.07, 6.45) is 9.53. The minimum absolute atomic E-state index is 0.639. The number of aryl methyl sites for hydroxylation is 1. The van der Waals surface area contributed by atoms with Crippen LogP contribution in [0.1, 0.15) is 19.8 Å². The van der Waals surface area contributed by atoms with E-state index in [2.05, 4.69) is 16.9 Å². The lowest BCUT2D eigenvalue weighted by molar-refractivity contribution is 0.897. The van der Waals surface area contributed by atoms with Crippen molar-refractivity contribution in [1.82, 2.24) is 24.5 Å². The van der Waals surface area contributed by atoms with Crippen molar-refractivity contribution >= 4 is 39.0 Å². The van der Waals surface area contributed by atoms with E-state index in [9.17, 15) is 0 Å². The lowest BCUT2D eigenvalue weighted by Crippen LogP contribution is -1.99. The molecule has 2 N–H and O–H groups in total. The Morgan fingerprint density at radius 2 is 2.15 bits per heavy atom. The fourth-order valence-electron chi connectivity index (χ4n) is 2.80. The second-order valence-corrected chi connectivity index (χ2v) is 8.55. The summed E-state index contributed by atoms with van der Waals surface area (Å²) in [7, 11) is 1.96.